The molecule has 0 N–H and O–H groups in total. The van der Waals surface area contributed by atoms with Gasteiger partial charge in [0.1, 0.15) is 5.52 Å². The fraction of sp³-hybridized carbons (Fsp3) is 0.320. The second-order valence-electron chi connectivity index (χ2n) is 8.48. The van der Waals surface area contributed by atoms with E-state index < -0.39 is 0 Å². The van der Waals surface area contributed by atoms with E-state index in [-0.39, 0.29) is 11.5 Å². The molecule has 170 valence electrons. The molecule has 0 atom stereocenters. The topological polar surface area (TPSA) is 63.4 Å². The van der Waals surface area contributed by atoms with Gasteiger partial charge in [-0.3, -0.25) is 14.5 Å². The van der Waals surface area contributed by atoms with Crippen LogP contribution in [0.3, 0.4) is 0 Å². The number of para-hydroxylation sites is 1. The predicted molar refractivity (Wildman–Crippen MR) is 131 cm³/mol. The maximum absolute atomic E-state index is 13.8. The third-order valence-electron chi connectivity index (χ3n) is 6.40. The molecule has 1 amide bonds. The second-order valence-corrected chi connectivity index (χ2v) is 8.92. The van der Waals surface area contributed by atoms with Gasteiger partial charge in [-0.05, 0) is 37.2 Å². The van der Waals surface area contributed by atoms with Crippen molar-refractivity contribution in [3.63, 3.8) is 0 Å². The Kier molecular flexibility index (Phi) is 5.68. The van der Waals surface area contributed by atoms with Crippen LogP contribution in [-0.2, 0) is 7.05 Å². The van der Waals surface area contributed by atoms with Crippen molar-refractivity contribution in [3.8, 4) is 5.69 Å². The zero-order chi connectivity index (χ0) is 23.1. The van der Waals surface area contributed by atoms with Gasteiger partial charge >= 0.3 is 0 Å². The van der Waals surface area contributed by atoms with E-state index in [1.54, 1.807) is 6.07 Å². The molecule has 0 aliphatic carbocycles. The second kappa shape index (κ2) is 8.65. The maximum Gasteiger partial charge on any atom is 0.296 e. The van der Waals surface area contributed by atoms with Crippen molar-refractivity contribution in [2.75, 3.05) is 32.7 Å². The van der Waals surface area contributed by atoms with E-state index in [9.17, 15) is 9.59 Å². The van der Waals surface area contributed by atoms with Crippen LogP contribution in [0.25, 0.3) is 27.5 Å². The largest absolute Gasteiger partial charge is 0.339 e. The van der Waals surface area contributed by atoms with Crippen LogP contribution in [0.15, 0.2) is 53.3 Å². The SMILES string of the molecule is CCCN1CCN(C(=O)c2nn(-c3ccccc3)c(=O)c3c2c2ccc(Cl)cc2n3C)CC1. The molecule has 4 aromatic rings. The van der Waals surface area contributed by atoms with Crippen LogP contribution in [0.2, 0.25) is 5.02 Å². The highest BCUT2D eigenvalue weighted by Crippen LogP contribution is 2.31. The molecule has 2 aromatic carbocycles. The van der Waals surface area contributed by atoms with Gasteiger partial charge in [-0.15, -0.1) is 0 Å². The van der Waals surface area contributed by atoms with E-state index >= 15 is 0 Å². The Balaban J connectivity index is 1.72. The molecule has 2 aromatic heterocycles. The molecule has 0 radical (unpaired) electrons. The lowest BCUT2D eigenvalue weighted by Gasteiger charge is -2.34. The average molecular weight is 464 g/mol. The Morgan fingerprint density at radius 2 is 1.79 bits per heavy atom. The Labute approximate surface area is 196 Å². The highest BCUT2D eigenvalue weighted by Gasteiger charge is 2.28. The molecule has 8 heteroatoms. The van der Waals surface area contributed by atoms with Gasteiger partial charge in [0, 0.05) is 49.0 Å². The van der Waals surface area contributed by atoms with E-state index in [0.717, 1.165) is 37.0 Å². The summed E-state index contributed by atoms with van der Waals surface area (Å²) < 4.78 is 3.15. The predicted octanol–water partition coefficient (Wildman–Crippen LogP) is 3.70. The minimum atomic E-state index is -0.268. The van der Waals surface area contributed by atoms with Crippen LogP contribution in [0.1, 0.15) is 23.8 Å². The lowest BCUT2D eigenvalue weighted by atomic mass is 10.1. The fourth-order valence-corrected chi connectivity index (χ4v) is 4.90. The number of piperazine rings is 1. The van der Waals surface area contributed by atoms with Crippen molar-refractivity contribution < 1.29 is 4.79 Å². The fourth-order valence-electron chi connectivity index (χ4n) is 4.73. The molecule has 33 heavy (non-hydrogen) atoms. The Morgan fingerprint density at radius 1 is 1.06 bits per heavy atom. The number of amides is 1. The standard InChI is InChI=1S/C25H26ClN5O2/c1-3-11-29-12-14-30(15-13-29)24(32)22-21-19-10-9-17(26)16-20(19)28(2)23(21)25(33)31(27-22)18-7-5-4-6-8-18/h4-10,16H,3,11-15H2,1-2H3. The first-order valence-electron chi connectivity index (χ1n) is 11.3. The number of halogens is 1. The first-order chi connectivity index (χ1) is 16.0. The number of rotatable bonds is 4. The van der Waals surface area contributed by atoms with Crippen molar-refractivity contribution in [2.45, 2.75) is 13.3 Å². The first kappa shape index (κ1) is 21.7. The molecule has 7 nitrogen and oxygen atoms in total. The summed E-state index contributed by atoms with van der Waals surface area (Å²) >= 11 is 6.26. The zero-order valence-corrected chi connectivity index (χ0v) is 19.5. The van der Waals surface area contributed by atoms with E-state index in [0.29, 0.717) is 40.4 Å². The van der Waals surface area contributed by atoms with Crippen molar-refractivity contribution in [1.29, 1.82) is 0 Å². The number of carbonyl (C=O) groups is 1. The summed E-state index contributed by atoms with van der Waals surface area (Å²) in [4.78, 5) is 31.6. The summed E-state index contributed by atoms with van der Waals surface area (Å²) in [6.45, 7) is 6.16. The number of aryl methyl sites for hydroxylation is 1. The van der Waals surface area contributed by atoms with Crippen molar-refractivity contribution in [3.05, 3.63) is 69.6 Å². The van der Waals surface area contributed by atoms with Gasteiger partial charge < -0.3 is 9.47 Å². The monoisotopic (exact) mass is 463 g/mol. The van der Waals surface area contributed by atoms with Crippen molar-refractivity contribution in [1.82, 2.24) is 24.1 Å². The molecular formula is C25H26ClN5O2. The van der Waals surface area contributed by atoms with Crippen molar-refractivity contribution >= 4 is 39.3 Å². The van der Waals surface area contributed by atoms with Gasteiger partial charge in [0.2, 0.25) is 0 Å². The third kappa shape index (κ3) is 3.71. The minimum Gasteiger partial charge on any atom is -0.339 e. The summed E-state index contributed by atoms with van der Waals surface area (Å²) in [6, 6.07) is 14.7. The lowest BCUT2D eigenvalue weighted by molar-refractivity contribution is 0.0632. The zero-order valence-electron chi connectivity index (χ0n) is 18.8. The van der Waals surface area contributed by atoms with Gasteiger partial charge in [0.05, 0.1) is 11.2 Å². The number of carbonyl (C=O) groups excluding carboxylic acids is 1. The smallest absolute Gasteiger partial charge is 0.296 e. The molecule has 1 saturated heterocycles. The molecule has 0 spiro atoms. The number of aromatic nitrogens is 3. The number of benzene rings is 2. The average Bonchev–Trinajstić information content (AvgIpc) is 3.12. The van der Waals surface area contributed by atoms with Crippen LogP contribution in [0.4, 0.5) is 0 Å². The van der Waals surface area contributed by atoms with Crippen LogP contribution in [0, 0.1) is 0 Å². The van der Waals surface area contributed by atoms with Gasteiger partial charge in [-0.2, -0.15) is 9.78 Å². The molecule has 0 bridgehead atoms. The molecule has 5 rings (SSSR count). The van der Waals surface area contributed by atoms with Gasteiger partial charge in [0.25, 0.3) is 11.5 Å². The third-order valence-corrected chi connectivity index (χ3v) is 6.63. The molecule has 1 aliphatic rings. The van der Waals surface area contributed by atoms with Crippen LogP contribution < -0.4 is 5.56 Å². The van der Waals surface area contributed by atoms with Crippen molar-refractivity contribution in [2.24, 2.45) is 7.05 Å². The van der Waals surface area contributed by atoms with Crippen LogP contribution in [0.5, 0.6) is 0 Å². The molecular weight excluding hydrogens is 438 g/mol. The summed E-state index contributed by atoms with van der Waals surface area (Å²) in [5.41, 5.74) is 1.89. The molecule has 0 unspecified atom stereocenters. The summed E-state index contributed by atoms with van der Waals surface area (Å²) in [5, 5.41) is 6.60. The Hall–Kier alpha value is -3.16. The molecule has 1 fully saturated rings. The lowest BCUT2D eigenvalue weighted by Crippen LogP contribution is -2.49. The first-order valence-corrected chi connectivity index (χ1v) is 11.7. The number of nitrogens with zero attached hydrogens (tertiary/aromatic N) is 5. The van der Waals surface area contributed by atoms with E-state index in [1.807, 2.05) is 59.0 Å². The van der Waals surface area contributed by atoms with E-state index in [2.05, 4.69) is 16.9 Å². The van der Waals surface area contributed by atoms with Crippen LogP contribution >= 0.6 is 11.6 Å². The maximum atomic E-state index is 13.8. The van der Waals surface area contributed by atoms with Gasteiger partial charge in [-0.1, -0.05) is 42.8 Å². The normalized spacial score (nSPS) is 14.9. The van der Waals surface area contributed by atoms with Gasteiger partial charge in [0.15, 0.2) is 5.69 Å². The van der Waals surface area contributed by atoms with Crippen LogP contribution in [-0.4, -0.2) is 62.8 Å². The molecule has 1 aliphatic heterocycles. The van der Waals surface area contributed by atoms with E-state index in [1.165, 1.54) is 4.68 Å². The van der Waals surface area contributed by atoms with E-state index in [4.69, 9.17) is 11.6 Å². The summed E-state index contributed by atoms with van der Waals surface area (Å²) in [5.74, 6) is -0.150. The Bertz CT molecular complexity index is 1400. The molecule has 3 heterocycles. The number of fused-ring (bicyclic) bond motifs is 3. The minimum absolute atomic E-state index is 0.150. The van der Waals surface area contributed by atoms with Gasteiger partial charge in [-0.25, -0.2) is 0 Å². The number of hydrogen-bond acceptors (Lipinski definition) is 4. The number of hydrogen-bond donors (Lipinski definition) is 0. The quantitative estimate of drug-likeness (QED) is 0.463. The summed E-state index contributed by atoms with van der Waals surface area (Å²) in [6.07, 6.45) is 1.09. The summed E-state index contributed by atoms with van der Waals surface area (Å²) in [7, 11) is 1.83. The highest BCUT2D eigenvalue weighted by atomic mass is 35.5. The highest BCUT2D eigenvalue weighted by molar-refractivity contribution is 6.31. The Morgan fingerprint density at radius 3 is 2.48 bits per heavy atom. The molecule has 0 saturated carbocycles.